The normalized spacial score (nSPS) is 11.8. The van der Waals surface area contributed by atoms with Crippen molar-refractivity contribution in [2.24, 2.45) is 0 Å². The molecule has 0 aromatic heterocycles. The first-order valence-corrected chi connectivity index (χ1v) is 6.47. The Bertz CT molecular complexity index is 637. The van der Waals surface area contributed by atoms with Crippen LogP contribution in [-0.4, -0.2) is 39.0 Å². The molecule has 0 aliphatic heterocycles. The molecule has 0 saturated carbocycles. The first kappa shape index (κ1) is 17.8. The van der Waals surface area contributed by atoms with E-state index in [0.29, 0.717) is 5.56 Å². The zero-order valence-electron chi connectivity index (χ0n) is 11.8. The van der Waals surface area contributed by atoms with Gasteiger partial charge in [-0.3, -0.25) is 19.7 Å². The number of carboxylic acids is 2. The van der Waals surface area contributed by atoms with Crippen LogP contribution in [0.15, 0.2) is 30.3 Å². The third kappa shape index (κ3) is 6.38. The number of nitrogens with one attached hydrogen (secondary N) is 1. The molecule has 1 rings (SSSR count). The molecule has 23 heavy (non-hydrogen) atoms. The smallest absolute Gasteiger partial charge is 0.326 e. The van der Waals surface area contributed by atoms with Gasteiger partial charge in [0.05, 0.1) is 4.92 Å². The van der Waals surface area contributed by atoms with Crippen LogP contribution in [0.2, 0.25) is 0 Å². The Morgan fingerprint density at radius 3 is 2.30 bits per heavy atom. The number of nitro groups is 1. The van der Waals surface area contributed by atoms with Crippen molar-refractivity contribution >= 4 is 29.6 Å². The largest absolute Gasteiger partial charge is 0.481 e. The van der Waals surface area contributed by atoms with Crippen molar-refractivity contribution in [1.82, 2.24) is 5.32 Å². The molecule has 0 unspecified atom stereocenters. The van der Waals surface area contributed by atoms with E-state index >= 15 is 0 Å². The summed E-state index contributed by atoms with van der Waals surface area (Å²) in [4.78, 5) is 42.9. The van der Waals surface area contributed by atoms with E-state index in [1.54, 1.807) is 0 Å². The summed E-state index contributed by atoms with van der Waals surface area (Å²) < 4.78 is 0. The number of carbonyl (C=O) groups excluding carboxylic acids is 1. The minimum Gasteiger partial charge on any atom is -0.481 e. The van der Waals surface area contributed by atoms with Crippen LogP contribution in [0.3, 0.4) is 0 Å². The average molecular weight is 322 g/mol. The molecule has 0 fully saturated rings. The highest BCUT2D eigenvalue weighted by Gasteiger charge is 2.19. The predicted molar refractivity (Wildman–Crippen MR) is 78.6 cm³/mol. The number of carboxylic acid groups (broad SMARTS) is 2. The van der Waals surface area contributed by atoms with Crippen LogP contribution in [0.5, 0.6) is 0 Å². The zero-order valence-corrected chi connectivity index (χ0v) is 11.8. The van der Waals surface area contributed by atoms with Crippen molar-refractivity contribution in [3.05, 3.63) is 46.0 Å². The number of aliphatic carboxylic acids is 2. The summed E-state index contributed by atoms with van der Waals surface area (Å²) in [6.45, 7) is 0. The first-order chi connectivity index (χ1) is 10.8. The molecule has 122 valence electrons. The van der Waals surface area contributed by atoms with E-state index in [1.807, 2.05) is 0 Å². The second kappa shape index (κ2) is 8.27. The van der Waals surface area contributed by atoms with E-state index in [1.165, 1.54) is 30.3 Å². The van der Waals surface area contributed by atoms with Gasteiger partial charge >= 0.3 is 11.9 Å². The van der Waals surface area contributed by atoms with E-state index in [2.05, 4.69) is 5.32 Å². The van der Waals surface area contributed by atoms with E-state index in [0.717, 1.165) is 6.08 Å². The highest BCUT2D eigenvalue weighted by molar-refractivity contribution is 5.94. The van der Waals surface area contributed by atoms with Crippen LogP contribution >= 0.6 is 0 Å². The number of carbonyl (C=O) groups is 3. The van der Waals surface area contributed by atoms with Gasteiger partial charge in [0.25, 0.3) is 5.69 Å². The Labute approximate surface area is 130 Å². The number of rotatable bonds is 8. The molecule has 0 aliphatic carbocycles. The van der Waals surface area contributed by atoms with Crippen LogP contribution in [0.1, 0.15) is 18.4 Å². The van der Waals surface area contributed by atoms with Crippen LogP contribution in [-0.2, 0) is 14.4 Å². The molecule has 9 nitrogen and oxygen atoms in total. The quantitative estimate of drug-likeness (QED) is 0.368. The van der Waals surface area contributed by atoms with Crippen molar-refractivity contribution in [1.29, 1.82) is 0 Å². The van der Waals surface area contributed by atoms with Gasteiger partial charge in [-0.15, -0.1) is 0 Å². The van der Waals surface area contributed by atoms with Gasteiger partial charge in [0.1, 0.15) is 6.04 Å². The predicted octanol–water partition coefficient (Wildman–Crippen LogP) is 1.04. The first-order valence-electron chi connectivity index (χ1n) is 6.47. The van der Waals surface area contributed by atoms with Crippen molar-refractivity contribution in [3.63, 3.8) is 0 Å². The molecule has 0 saturated heterocycles. The summed E-state index contributed by atoms with van der Waals surface area (Å²) in [6.07, 6.45) is 1.80. The molecular weight excluding hydrogens is 308 g/mol. The molecule has 1 amide bonds. The standard InChI is InChI=1S/C14H14N2O7/c17-12(15-11(14(20)21)6-8-13(18)19)7-3-9-1-4-10(5-2-9)16(22)23/h1-5,7,11H,6,8H2,(H,15,17)(H,18,19)(H,20,21)/b7-3+/t11-/m0/s1. The lowest BCUT2D eigenvalue weighted by molar-refractivity contribution is -0.384. The van der Waals surface area contributed by atoms with Gasteiger partial charge in [0.2, 0.25) is 5.91 Å². The van der Waals surface area contributed by atoms with Crippen molar-refractivity contribution in [2.75, 3.05) is 0 Å². The molecule has 0 aliphatic rings. The van der Waals surface area contributed by atoms with Crippen LogP contribution in [0.4, 0.5) is 5.69 Å². The Morgan fingerprint density at radius 1 is 1.22 bits per heavy atom. The Hall–Kier alpha value is -3.23. The fraction of sp³-hybridized carbons (Fsp3) is 0.214. The molecule has 3 N–H and O–H groups in total. The van der Waals surface area contributed by atoms with Gasteiger partial charge in [-0.1, -0.05) is 0 Å². The van der Waals surface area contributed by atoms with Crippen molar-refractivity contribution in [3.8, 4) is 0 Å². The molecule has 0 heterocycles. The van der Waals surface area contributed by atoms with Crippen molar-refractivity contribution < 1.29 is 29.5 Å². The summed E-state index contributed by atoms with van der Waals surface area (Å²) in [7, 11) is 0. The number of benzene rings is 1. The summed E-state index contributed by atoms with van der Waals surface area (Å²) >= 11 is 0. The van der Waals surface area contributed by atoms with Gasteiger partial charge < -0.3 is 15.5 Å². The topological polar surface area (TPSA) is 147 Å². The number of hydrogen-bond donors (Lipinski definition) is 3. The minimum absolute atomic E-state index is 0.0915. The van der Waals surface area contributed by atoms with Gasteiger partial charge in [-0.2, -0.15) is 0 Å². The SMILES string of the molecule is O=C(O)CC[C@H](NC(=O)/C=C/c1ccc([N+](=O)[O-])cc1)C(=O)O. The molecule has 0 spiro atoms. The maximum Gasteiger partial charge on any atom is 0.326 e. The second-order valence-corrected chi connectivity index (χ2v) is 4.51. The number of amides is 1. The minimum atomic E-state index is -1.33. The number of nitro benzene ring substituents is 1. The maximum absolute atomic E-state index is 11.6. The van der Waals surface area contributed by atoms with Gasteiger partial charge in [0.15, 0.2) is 0 Å². The summed E-state index contributed by atoms with van der Waals surface area (Å²) in [5.74, 6) is -3.20. The molecular formula is C14H14N2O7. The van der Waals surface area contributed by atoms with Crippen LogP contribution in [0, 0.1) is 10.1 Å². The van der Waals surface area contributed by atoms with E-state index in [9.17, 15) is 24.5 Å². The molecule has 1 atom stereocenters. The second-order valence-electron chi connectivity index (χ2n) is 4.51. The lowest BCUT2D eigenvalue weighted by Gasteiger charge is -2.11. The third-order valence-corrected chi connectivity index (χ3v) is 2.79. The molecule has 9 heteroatoms. The average Bonchev–Trinajstić information content (AvgIpc) is 2.49. The lowest BCUT2D eigenvalue weighted by Crippen LogP contribution is -2.40. The fourth-order valence-electron chi connectivity index (χ4n) is 1.62. The summed E-state index contributed by atoms with van der Waals surface area (Å²) in [6, 6.07) is 4.09. The van der Waals surface area contributed by atoms with Crippen LogP contribution in [0.25, 0.3) is 6.08 Å². The monoisotopic (exact) mass is 322 g/mol. The molecule has 1 aromatic carbocycles. The van der Waals surface area contributed by atoms with Gasteiger partial charge in [-0.25, -0.2) is 4.79 Å². The number of hydrogen-bond acceptors (Lipinski definition) is 5. The van der Waals surface area contributed by atoms with Crippen LogP contribution < -0.4 is 5.32 Å². The molecule has 0 bridgehead atoms. The lowest BCUT2D eigenvalue weighted by atomic mass is 10.1. The number of nitrogens with zero attached hydrogens (tertiary/aromatic N) is 1. The zero-order chi connectivity index (χ0) is 17.4. The number of non-ortho nitro benzene ring substituents is 1. The molecule has 0 radical (unpaired) electrons. The Kier molecular flexibility index (Phi) is 6.41. The Balaban J connectivity index is 2.64. The van der Waals surface area contributed by atoms with E-state index in [-0.39, 0.29) is 18.5 Å². The summed E-state index contributed by atoms with van der Waals surface area (Å²) in [5, 5.41) is 30.1. The fourth-order valence-corrected chi connectivity index (χ4v) is 1.62. The third-order valence-electron chi connectivity index (χ3n) is 2.79. The van der Waals surface area contributed by atoms with Gasteiger partial charge in [-0.05, 0) is 30.2 Å². The summed E-state index contributed by atoms with van der Waals surface area (Å²) in [5.41, 5.74) is 0.425. The van der Waals surface area contributed by atoms with Crippen molar-refractivity contribution in [2.45, 2.75) is 18.9 Å². The molecule has 1 aromatic rings. The maximum atomic E-state index is 11.6. The Morgan fingerprint density at radius 2 is 1.83 bits per heavy atom. The highest BCUT2D eigenvalue weighted by Crippen LogP contribution is 2.12. The van der Waals surface area contributed by atoms with Gasteiger partial charge in [0, 0.05) is 24.6 Å². The van der Waals surface area contributed by atoms with E-state index < -0.39 is 28.8 Å². The van der Waals surface area contributed by atoms with E-state index in [4.69, 9.17) is 10.2 Å². The highest BCUT2D eigenvalue weighted by atomic mass is 16.6.